The van der Waals surface area contributed by atoms with Gasteiger partial charge in [-0.1, -0.05) is 17.7 Å². The third-order valence-electron chi connectivity index (χ3n) is 4.34. The molecule has 0 fully saturated rings. The smallest absolute Gasteiger partial charge is 0.250 e. The molecule has 0 saturated carbocycles. The fourth-order valence-electron chi connectivity index (χ4n) is 2.87. The normalized spacial score (nSPS) is 11.1. The van der Waals surface area contributed by atoms with E-state index < -0.39 is 0 Å². The Bertz CT molecular complexity index is 1260. The van der Waals surface area contributed by atoms with E-state index >= 15 is 0 Å². The number of thiocarbonyl (C=S) groups is 1. The number of anilines is 1. The quantitative estimate of drug-likeness (QED) is 0.320. The van der Waals surface area contributed by atoms with E-state index in [0.29, 0.717) is 27.8 Å². The minimum atomic E-state index is -0.367. The topological polar surface area (TPSA) is 80.3 Å². The molecular weight excluding hydrogens is 422 g/mol. The summed E-state index contributed by atoms with van der Waals surface area (Å²) in [4.78, 5) is 16.6. The van der Waals surface area contributed by atoms with Gasteiger partial charge in [0.2, 0.25) is 11.8 Å². The first-order valence-corrected chi connectivity index (χ1v) is 9.78. The number of halogens is 1. The zero-order chi connectivity index (χ0) is 21.1. The fraction of sp³-hybridized carbons (Fsp3) is 0.0455. The van der Waals surface area contributed by atoms with Gasteiger partial charge in [0.05, 0.1) is 6.26 Å². The molecule has 0 aliphatic heterocycles. The molecule has 8 heteroatoms. The summed E-state index contributed by atoms with van der Waals surface area (Å²) < 4.78 is 11.0. The number of hydrogen-bond acceptors (Lipinski definition) is 5. The van der Waals surface area contributed by atoms with E-state index in [-0.39, 0.29) is 11.0 Å². The molecule has 0 bridgehead atoms. The predicted molar refractivity (Wildman–Crippen MR) is 121 cm³/mol. The van der Waals surface area contributed by atoms with Crippen LogP contribution in [0.2, 0.25) is 5.02 Å². The van der Waals surface area contributed by atoms with Crippen LogP contribution < -0.4 is 10.6 Å². The summed E-state index contributed by atoms with van der Waals surface area (Å²) >= 11 is 11.3. The standard InChI is InChI=1S/C22H16ClN3O3S/c1-13-16(21-24-18-12-14(23)7-9-19(18)29-21)5-2-6-17(13)25-22(30)26-20(27)10-8-15-4-3-11-28-15/h2-12H,1H3,(H2,25,26,27,30)/b10-8+. The Morgan fingerprint density at radius 3 is 2.87 bits per heavy atom. The molecule has 4 aromatic rings. The molecule has 0 saturated heterocycles. The second-order valence-corrected chi connectivity index (χ2v) is 7.25. The molecule has 4 rings (SSSR count). The minimum Gasteiger partial charge on any atom is -0.465 e. The fourth-order valence-corrected chi connectivity index (χ4v) is 3.25. The van der Waals surface area contributed by atoms with Crippen LogP contribution in [0.5, 0.6) is 0 Å². The van der Waals surface area contributed by atoms with Crippen molar-refractivity contribution in [2.45, 2.75) is 6.92 Å². The maximum atomic E-state index is 12.0. The first-order chi connectivity index (χ1) is 14.5. The number of oxazole rings is 1. The zero-order valence-electron chi connectivity index (χ0n) is 15.8. The number of furan rings is 1. The molecule has 0 radical (unpaired) electrons. The van der Waals surface area contributed by atoms with E-state index in [1.165, 1.54) is 12.3 Å². The molecular formula is C22H16ClN3O3S. The predicted octanol–water partition coefficient (Wildman–Crippen LogP) is 5.58. The lowest BCUT2D eigenvalue weighted by Gasteiger charge is -2.12. The Labute approximate surface area is 182 Å². The third-order valence-corrected chi connectivity index (χ3v) is 4.78. The van der Waals surface area contributed by atoms with Crippen LogP contribution in [0.15, 0.2) is 69.7 Å². The molecule has 1 amide bonds. The Kier molecular flexibility index (Phi) is 5.65. The highest BCUT2D eigenvalue weighted by molar-refractivity contribution is 7.80. The molecule has 0 unspecified atom stereocenters. The molecule has 0 spiro atoms. The van der Waals surface area contributed by atoms with Gasteiger partial charge in [-0.2, -0.15) is 0 Å². The third kappa shape index (κ3) is 4.42. The van der Waals surface area contributed by atoms with Gasteiger partial charge in [0.25, 0.3) is 0 Å². The lowest BCUT2D eigenvalue weighted by atomic mass is 10.1. The van der Waals surface area contributed by atoms with Crippen LogP contribution in [0, 0.1) is 6.92 Å². The van der Waals surface area contributed by atoms with Crippen molar-refractivity contribution < 1.29 is 13.6 Å². The number of hydrogen-bond donors (Lipinski definition) is 2. The SMILES string of the molecule is Cc1c(NC(=S)NC(=O)/C=C/c2ccco2)cccc1-c1nc2cc(Cl)ccc2o1. The van der Waals surface area contributed by atoms with E-state index in [4.69, 9.17) is 32.7 Å². The number of benzene rings is 2. The van der Waals surface area contributed by atoms with Crippen LogP contribution in [0.3, 0.4) is 0 Å². The summed E-state index contributed by atoms with van der Waals surface area (Å²) in [5.41, 5.74) is 3.74. The molecule has 2 heterocycles. The molecule has 6 nitrogen and oxygen atoms in total. The van der Waals surface area contributed by atoms with Gasteiger partial charge in [-0.15, -0.1) is 0 Å². The summed E-state index contributed by atoms with van der Waals surface area (Å²) in [7, 11) is 0. The number of fused-ring (bicyclic) bond motifs is 1. The number of nitrogens with one attached hydrogen (secondary N) is 2. The van der Waals surface area contributed by atoms with Gasteiger partial charge in [0, 0.05) is 22.3 Å². The largest absolute Gasteiger partial charge is 0.465 e. The van der Waals surface area contributed by atoms with Crippen molar-refractivity contribution in [1.82, 2.24) is 10.3 Å². The Hall–Kier alpha value is -3.42. The summed E-state index contributed by atoms with van der Waals surface area (Å²) in [6, 6.07) is 14.4. The molecule has 0 aliphatic carbocycles. The molecule has 2 N–H and O–H groups in total. The zero-order valence-corrected chi connectivity index (χ0v) is 17.4. The molecule has 2 aromatic carbocycles. The number of rotatable bonds is 4. The monoisotopic (exact) mass is 437 g/mol. The highest BCUT2D eigenvalue weighted by atomic mass is 35.5. The van der Waals surface area contributed by atoms with Crippen molar-refractivity contribution in [3.63, 3.8) is 0 Å². The van der Waals surface area contributed by atoms with Gasteiger partial charge in [-0.25, -0.2) is 4.98 Å². The first kappa shape index (κ1) is 19.9. The van der Waals surface area contributed by atoms with Crippen molar-refractivity contribution in [3.8, 4) is 11.5 Å². The van der Waals surface area contributed by atoms with Crippen molar-refractivity contribution in [1.29, 1.82) is 0 Å². The van der Waals surface area contributed by atoms with Crippen molar-refractivity contribution in [2.75, 3.05) is 5.32 Å². The number of amides is 1. The molecule has 2 aromatic heterocycles. The molecule has 150 valence electrons. The van der Waals surface area contributed by atoms with E-state index in [9.17, 15) is 4.79 Å². The Morgan fingerprint density at radius 1 is 1.20 bits per heavy atom. The Morgan fingerprint density at radius 2 is 2.07 bits per heavy atom. The molecule has 30 heavy (non-hydrogen) atoms. The van der Waals surface area contributed by atoms with Gasteiger partial charge < -0.3 is 14.2 Å². The summed E-state index contributed by atoms with van der Waals surface area (Å²) in [6.07, 6.45) is 4.44. The molecule has 0 aliphatic rings. The van der Waals surface area contributed by atoms with Gasteiger partial charge in [-0.3, -0.25) is 10.1 Å². The lowest BCUT2D eigenvalue weighted by molar-refractivity contribution is -0.115. The van der Waals surface area contributed by atoms with Crippen molar-refractivity contribution >= 4 is 57.7 Å². The number of nitrogens with zero attached hydrogens (tertiary/aromatic N) is 1. The first-order valence-electron chi connectivity index (χ1n) is 8.99. The van der Waals surface area contributed by atoms with E-state index in [1.54, 1.807) is 36.4 Å². The average Bonchev–Trinajstić information content (AvgIpc) is 3.37. The maximum Gasteiger partial charge on any atom is 0.250 e. The second-order valence-electron chi connectivity index (χ2n) is 6.40. The second kappa shape index (κ2) is 8.52. The van der Waals surface area contributed by atoms with Gasteiger partial charge in [0.1, 0.15) is 11.3 Å². The summed E-state index contributed by atoms with van der Waals surface area (Å²) in [5.74, 6) is 0.686. The minimum absolute atomic E-state index is 0.175. The lowest BCUT2D eigenvalue weighted by Crippen LogP contribution is -2.33. The highest BCUT2D eigenvalue weighted by Crippen LogP contribution is 2.31. The van der Waals surface area contributed by atoms with Crippen molar-refractivity contribution in [2.24, 2.45) is 0 Å². The van der Waals surface area contributed by atoms with Crippen LogP contribution in [0.1, 0.15) is 11.3 Å². The number of carbonyl (C=O) groups is 1. The van der Waals surface area contributed by atoms with Crippen LogP contribution in [-0.2, 0) is 4.79 Å². The number of aromatic nitrogens is 1. The molecule has 0 atom stereocenters. The summed E-state index contributed by atoms with van der Waals surface area (Å²) in [5, 5.41) is 6.41. The van der Waals surface area contributed by atoms with Gasteiger partial charge in [0.15, 0.2) is 10.7 Å². The summed E-state index contributed by atoms with van der Waals surface area (Å²) in [6.45, 7) is 1.92. The van der Waals surface area contributed by atoms with Crippen LogP contribution in [0.25, 0.3) is 28.6 Å². The van der Waals surface area contributed by atoms with Gasteiger partial charge >= 0.3 is 0 Å². The van der Waals surface area contributed by atoms with Crippen molar-refractivity contribution in [3.05, 3.63) is 77.2 Å². The van der Waals surface area contributed by atoms with Crippen LogP contribution >= 0.6 is 23.8 Å². The Balaban J connectivity index is 1.49. The van der Waals surface area contributed by atoms with E-state index in [1.807, 2.05) is 25.1 Å². The highest BCUT2D eigenvalue weighted by Gasteiger charge is 2.14. The average molecular weight is 438 g/mol. The van der Waals surface area contributed by atoms with E-state index in [0.717, 1.165) is 16.8 Å². The number of carbonyl (C=O) groups excluding carboxylic acids is 1. The van der Waals surface area contributed by atoms with Crippen LogP contribution in [-0.4, -0.2) is 16.0 Å². The van der Waals surface area contributed by atoms with Crippen LogP contribution in [0.4, 0.5) is 5.69 Å². The van der Waals surface area contributed by atoms with Gasteiger partial charge in [-0.05, 0) is 73.2 Å². The maximum absolute atomic E-state index is 12.0. The van der Waals surface area contributed by atoms with E-state index in [2.05, 4.69) is 15.6 Å².